The molecule has 1 fully saturated rings. The van der Waals surface area contributed by atoms with Crippen molar-refractivity contribution >= 4 is 34.6 Å². The average molecular weight is 395 g/mol. The highest BCUT2D eigenvalue weighted by molar-refractivity contribution is 8.18. The summed E-state index contributed by atoms with van der Waals surface area (Å²) in [6, 6.07) is 13.9. The SMILES string of the molecule is CCCCOc1ccc(/C=C2/SC(=Nc3ccc(C)c(C)c3)N(C)C2=O)cc1. The maximum Gasteiger partial charge on any atom is 0.266 e. The van der Waals surface area contributed by atoms with Crippen molar-refractivity contribution in [2.45, 2.75) is 33.6 Å². The second-order valence-corrected chi connectivity index (χ2v) is 7.92. The number of carbonyl (C=O) groups excluding carboxylic acids is 1. The van der Waals surface area contributed by atoms with Crippen LogP contribution in [-0.4, -0.2) is 29.6 Å². The number of aryl methyl sites for hydroxylation is 2. The molecule has 1 aliphatic rings. The third-order valence-electron chi connectivity index (χ3n) is 4.66. The van der Waals surface area contributed by atoms with Gasteiger partial charge >= 0.3 is 0 Å². The van der Waals surface area contributed by atoms with E-state index in [0.29, 0.717) is 10.1 Å². The average Bonchev–Trinajstić information content (AvgIpc) is 2.94. The zero-order valence-corrected chi connectivity index (χ0v) is 17.7. The number of hydrogen-bond acceptors (Lipinski definition) is 4. The van der Waals surface area contributed by atoms with Crippen LogP contribution >= 0.6 is 11.8 Å². The summed E-state index contributed by atoms with van der Waals surface area (Å²) in [5.41, 5.74) is 4.26. The monoisotopic (exact) mass is 394 g/mol. The van der Waals surface area contributed by atoms with E-state index < -0.39 is 0 Å². The number of unbranched alkanes of at least 4 members (excludes halogenated alkanes) is 1. The minimum absolute atomic E-state index is 0.0316. The molecule has 0 spiro atoms. The largest absolute Gasteiger partial charge is 0.494 e. The van der Waals surface area contributed by atoms with E-state index in [-0.39, 0.29) is 5.91 Å². The van der Waals surface area contributed by atoms with Crippen LogP contribution in [0.1, 0.15) is 36.5 Å². The Morgan fingerprint density at radius 1 is 1.11 bits per heavy atom. The van der Waals surface area contributed by atoms with Crippen molar-refractivity contribution in [3.63, 3.8) is 0 Å². The standard InChI is InChI=1S/C23H26N2O2S/c1-5-6-13-27-20-11-8-18(9-12-20)15-21-22(26)25(4)23(28-21)24-19-10-7-16(2)17(3)14-19/h7-12,14-15H,5-6,13H2,1-4H3/b21-15+,24-23?. The van der Waals surface area contributed by atoms with E-state index in [1.807, 2.05) is 42.5 Å². The smallest absolute Gasteiger partial charge is 0.266 e. The fourth-order valence-corrected chi connectivity index (χ4v) is 3.69. The van der Waals surface area contributed by atoms with Gasteiger partial charge in [-0.25, -0.2) is 4.99 Å². The van der Waals surface area contributed by atoms with Gasteiger partial charge in [-0.1, -0.05) is 31.5 Å². The second kappa shape index (κ2) is 9.11. The number of aliphatic imine (C=N–C) groups is 1. The van der Waals surface area contributed by atoms with E-state index in [1.165, 1.54) is 22.9 Å². The normalized spacial score (nSPS) is 17.0. The number of thioether (sulfide) groups is 1. The predicted molar refractivity (Wildman–Crippen MR) is 118 cm³/mol. The lowest BCUT2D eigenvalue weighted by Crippen LogP contribution is -2.23. The van der Waals surface area contributed by atoms with Gasteiger partial charge < -0.3 is 4.74 Å². The van der Waals surface area contributed by atoms with Crippen LogP contribution in [0.15, 0.2) is 52.4 Å². The summed E-state index contributed by atoms with van der Waals surface area (Å²) in [5.74, 6) is 0.825. The van der Waals surface area contributed by atoms with Crippen LogP contribution in [0.3, 0.4) is 0 Å². The highest BCUT2D eigenvalue weighted by Gasteiger charge is 2.30. The first-order valence-corrected chi connectivity index (χ1v) is 10.4. The zero-order chi connectivity index (χ0) is 20.1. The molecule has 146 valence electrons. The molecule has 1 heterocycles. The van der Waals surface area contributed by atoms with E-state index >= 15 is 0 Å². The van der Waals surface area contributed by atoms with Crippen LogP contribution in [0.4, 0.5) is 5.69 Å². The molecule has 3 rings (SSSR count). The Labute approximate surface area is 171 Å². The number of ether oxygens (including phenoxy) is 1. The Hall–Kier alpha value is -2.53. The fourth-order valence-electron chi connectivity index (χ4n) is 2.70. The molecule has 1 amide bonds. The highest BCUT2D eigenvalue weighted by Crippen LogP contribution is 2.33. The van der Waals surface area contributed by atoms with Gasteiger partial charge in [0.05, 0.1) is 17.2 Å². The first kappa shape index (κ1) is 20.2. The van der Waals surface area contributed by atoms with Crippen LogP contribution < -0.4 is 4.74 Å². The molecule has 0 aliphatic carbocycles. The lowest BCUT2D eigenvalue weighted by molar-refractivity contribution is -0.121. The molecule has 2 aromatic rings. The molecule has 0 radical (unpaired) electrons. The summed E-state index contributed by atoms with van der Waals surface area (Å²) >= 11 is 1.40. The number of amides is 1. The van der Waals surface area contributed by atoms with Crippen molar-refractivity contribution in [1.29, 1.82) is 0 Å². The molecule has 0 atom stereocenters. The highest BCUT2D eigenvalue weighted by atomic mass is 32.2. The summed E-state index contributed by atoms with van der Waals surface area (Å²) in [7, 11) is 1.76. The molecule has 1 saturated heterocycles. The van der Waals surface area contributed by atoms with Crippen molar-refractivity contribution in [1.82, 2.24) is 4.90 Å². The lowest BCUT2D eigenvalue weighted by Gasteiger charge is -2.08. The Balaban J connectivity index is 1.75. The third-order valence-corrected chi connectivity index (χ3v) is 5.72. The molecule has 0 N–H and O–H groups in total. The van der Waals surface area contributed by atoms with Gasteiger partial charge in [-0.15, -0.1) is 0 Å². The maximum atomic E-state index is 12.6. The van der Waals surface area contributed by atoms with Gasteiger partial charge in [0.15, 0.2) is 5.17 Å². The molecular weight excluding hydrogens is 368 g/mol. The van der Waals surface area contributed by atoms with Crippen LogP contribution in [0, 0.1) is 13.8 Å². The number of likely N-dealkylation sites (N-methyl/N-ethyl adjacent to an activating group) is 1. The van der Waals surface area contributed by atoms with Crippen molar-refractivity contribution in [2.24, 2.45) is 4.99 Å². The maximum absolute atomic E-state index is 12.6. The van der Waals surface area contributed by atoms with Crippen LogP contribution in [0.2, 0.25) is 0 Å². The Kier molecular flexibility index (Phi) is 6.57. The first-order chi connectivity index (χ1) is 13.5. The van der Waals surface area contributed by atoms with E-state index in [9.17, 15) is 4.79 Å². The molecule has 0 bridgehead atoms. The number of benzene rings is 2. The number of hydrogen-bond donors (Lipinski definition) is 0. The molecule has 1 aliphatic heterocycles. The zero-order valence-electron chi connectivity index (χ0n) is 16.9. The molecule has 28 heavy (non-hydrogen) atoms. The summed E-state index contributed by atoms with van der Waals surface area (Å²) in [6.07, 6.45) is 4.07. The van der Waals surface area contributed by atoms with Crippen molar-refractivity contribution in [3.8, 4) is 5.75 Å². The molecule has 0 aromatic heterocycles. The molecule has 0 saturated carbocycles. The summed E-state index contributed by atoms with van der Waals surface area (Å²) in [5, 5.41) is 0.694. The number of carbonyl (C=O) groups is 1. The fraction of sp³-hybridized carbons (Fsp3) is 0.304. The predicted octanol–water partition coefficient (Wildman–Crippen LogP) is 5.72. The Morgan fingerprint density at radius 3 is 2.54 bits per heavy atom. The number of rotatable bonds is 6. The van der Waals surface area contributed by atoms with Gasteiger partial charge in [-0.2, -0.15) is 0 Å². The summed E-state index contributed by atoms with van der Waals surface area (Å²) in [6.45, 7) is 7.02. The van der Waals surface area contributed by atoms with Crippen LogP contribution in [0.5, 0.6) is 5.75 Å². The molecule has 4 nitrogen and oxygen atoms in total. The van der Waals surface area contributed by atoms with Crippen LogP contribution in [-0.2, 0) is 4.79 Å². The summed E-state index contributed by atoms with van der Waals surface area (Å²) in [4.78, 5) is 19.5. The van der Waals surface area contributed by atoms with Crippen molar-refractivity contribution < 1.29 is 9.53 Å². The summed E-state index contributed by atoms with van der Waals surface area (Å²) < 4.78 is 5.69. The van der Waals surface area contributed by atoms with E-state index in [0.717, 1.165) is 36.4 Å². The number of amidine groups is 1. The molecular formula is C23H26N2O2S. The topological polar surface area (TPSA) is 41.9 Å². The van der Waals surface area contributed by atoms with Crippen molar-refractivity contribution in [3.05, 3.63) is 64.1 Å². The van der Waals surface area contributed by atoms with E-state index in [2.05, 4.69) is 31.8 Å². The second-order valence-electron chi connectivity index (χ2n) is 6.91. The van der Waals surface area contributed by atoms with Crippen LogP contribution in [0.25, 0.3) is 6.08 Å². The Bertz CT molecular complexity index is 917. The van der Waals surface area contributed by atoms with Gasteiger partial charge in [0.25, 0.3) is 5.91 Å². The van der Waals surface area contributed by atoms with Gasteiger partial charge in [0.1, 0.15) is 5.75 Å². The Morgan fingerprint density at radius 2 is 1.86 bits per heavy atom. The number of nitrogens with zero attached hydrogens (tertiary/aromatic N) is 2. The molecule has 0 unspecified atom stereocenters. The molecule has 5 heteroatoms. The van der Waals surface area contributed by atoms with Crippen molar-refractivity contribution in [2.75, 3.05) is 13.7 Å². The lowest BCUT2D eigenvalue weighted by atomic mass is 10.1. The van der Waals surface area contributed by atoms with E-state index in [4.69, 9.17) is 4.74 Å². The van der Waals surface area contributed by atoms with Gasteiger partial charge in [-0.3, -0.25) is 9.69 Å². The minimum atomic E-state index is -0.0316. The van der Waals surface area contributed by atoms with Gasteiger partial charge in [0.2, 0.25) is 0 Å². The van der Waals surface area contributed by atoms with Gasteiger partial charge in [0, 0.05) is 7.05 Å². The third kappa shape index (κ3) is 4.84. The minimum Gasteiger partial charge on any atom is -0.494 e. The van der Waals surface area contributed by atoms with Gasteiger partial charge in [-0.05, 0) is 79.1 Å². The first-order valence-electron chi connectivity index (χ1n) is 9.54. The quantitative estimate of drug-likeness (QED) is 0.465. The van der Waals surface area contributed by atoms with E-state index in [1.54, 1.807) is 11.9 Å². The molecule has 2 aromatic carbocycles.